The highest BCUT2D eigenvalue weighted by molar-refractivity contribution is 6.74. The predicted molar refractivity (Wildman–Crippen MR) is 164 cm³/mol. The van der Waals surface area contributed by atoms with Crippen LogP contribution in [0.5, 0.6) is 11.5 Å². The molecule has 1 saturated heterocycles. The number of methoxy groups -OCH3 is 1. The minimum atomic E-state index is -2.10. The summed E-state index contributed by atoms with van der Waals surface area (Å²) in [5.74, 6) is 0.413. The summed E-state index contributed by atoms with van der Waals surface area (Å²) in [6.07, 6.45) is 1.02. The van der Waals surface area contributed by atoms with Crippen LogP contribution in [0.3, 0.4) is 0 Å². The third-order valence-electron chi connectivity index (χ3n) is 8.14. The van der Waals surface area contributed by atoms with Crippen molar-refractivity contribution >= 4 is 26.0 Å². The van der Waals surface area contributed by atoms with Gasteiger partial charge in [-0.3, -0.25) is 14.4 Å². The van der Waals surface area contributed by atoms with Gasteiger partial charge in [0.15, 0.2) is 17.6 Å². The highest BCUT2D eigenvalue weighted by Gasteiger charge is 2.40. The number of amides is 1. The number of hydrogen-bond donors (Lipinski definition) is 0. The van der Waals surface area contributed by atoms with Crippen LogP contribution < -0.4 is 9.16 Å². The van der Waals surface area contributed by atoms with Crippen LogP contribution >= 0.6 is 0 Å². The second-order valence-electron chi connectivity index (χ2n) is 13.5. The van der Waals surface area contributed by atoms with E-state index in [1.54, 1.807) is 44.9 Å². The topological polar surface area (TPSA) is 82.1 Å². The molecule has 0 saturated carbocycles. The molecular weight excluding hydrogens is 534 g/mol. The Morgan fingerprint density at radius 3 is 2.22 bits per heavy atom. The average Bonchev–Trinajstić information content (AvgIpc) is 3.35. The molecule has 3 rings (SSSR count). The molecule has 224 valence electrons. The number of carbonyl (C=O) groups is 3. The zero-order valence-corrected chi connectivity index (χ0v) is 27.2. The zero-order chi connectivity index (χ0) is 30.6. The second kappa shape index (κ2) is 12.8. The number of likely N-dealkylation sites (tertiary alicyclic amines) is 1. The lowest BCUT2D eigenvalue weighted by Gasteiger charge is -2.36. The number of nitrogens with zero attached hydrogens (tertiary/aromatic N) is 1. The molecule has 1 amide bonds. The first-order chi connectivity index (χ1) is 19.0. The van der Waals surface area contributed by atoms with Gasteiger partial charge in [0.2, 0.25) is 0 Å². The maximum Gasteiger partial charge on any atom is 0.312 e. The standard InChI is InChI=1S/C33H47NO6Si/c1-32(2,3)31(37)39-29(20-23-14-11-10-12-15-23)30(36)34-19-13-16-25(34)22-26(35)24-17-18-27(28(21-24)38-7)40-41(8,9)33(4,5)6/h10-12,14-15,17-18,21,25,29H,13,16,19-20,22H2,1-9H3/t25-,29-/m1/s1. The molecule has 8 heteroatoms. The average molecular weight is 582 g/mol. The Kier molecular flexibility index (Phi) is 10.1. The number of Topliss-reactive ketones (excluding diaryl/α,β-unsaturated/α-hetero) is 1. The molecule has 1 heterocycles. The first-order valence-electron chi connectivity index (χ1n) is 14.5. The molecular formula is C33H47NO6Si. The van der Waals surface area contributed by atoms with Gasteiger partial charge in [0.1, 0.15) is 5.75 Å². The number of carbonyl (C=O) groups excluding carboxylic acids is 3. The van der Waals surface area contributed by atoms with Crippen LogP contribution in [-0.4, -0.2) is 56.7 Å². The number of rotatable bonds is 10. The number of hydrogen-bond acceptors (Lipinski definition) is 6. The van der Waals surface area contributed by atoms with E-state index in [0.29, 0.717) is 30.0 Å². The van der Waals surface area contributed by atoms with E-state index in [-0.39, 0.29) is 35.6 Å². The molecule has 0 spiro atoms. The van der Waals surface area contributed by atoms with E-state index in [0.717, 1.165) is 12.0 Å². The Hall–Kier alpha value is -3.13. The van der Waals surface area contributed by atoms with Crippen LogP contribution in [-0.2, 0) is 20.7 Å². The Bertz CT molecular complexity index is 1230. The molecule has 0 aromatic heterocycles. The number of benzene rings is 2. The highest BCUT2D eigenvalue weighted by Crippen LogP contribution is 2.40. The van der Waals surface area contributed by atoms with E-state index >= 15 is 0 Å². The third kappa shape index (κ3) is 8.21. The van der Waals surface area contributed by atoms with Crippen molar-refractivity contribution in [2.75, 3.05) is 13.7 Å². The fourth-order valence-corrected chi connectivity index (χ4v) is 5.55. The molecule has 0 unspecified atom stereocenters. The van der Waals surface area contributed by atoms with Crippen LogP contribution in [0.15, 0.2) is 48.5 Å². The van der Waals surface area contributed by atoms with Crippen LogP contribution in [0.4, 0.5) is 0 Å². The third-order valence-corrected chi connectivity index (χ3v) is 12.5. The summed E-state index contributed by atoms with van der Waals surface area (Å²) in [6, 6.07) is 14.6. The van der Waals surface area contributed by atoms with Gasteiger partial charge >= 0.3 is 5.97 Å². The summed E-state index contributed by atoms with van der Waals surface area (Å²) in [6.45, 7) is 16.7. The lowest BCUT2D eigenvalue weighted by atomic mass is 9.97. The molecule has 1 aliphatic rings. The first kappa shape index (κ1) is 32.4. The van der Waals surface area contributed by atoms with Crippen molar-refractivity contribution in [2.45, 2.75) is 97.5 Å². The first-order valence-corrected chi connectivity index (χ1v) is 17.4. The fourth-order valence-electron chi connectivity index (χ4n) is 4.52. The van der Waals surface area contributed by atoms with Gasteiger partial charge in [-0.2, -0.15) is 0 Å². The van der Waals surface area contributed by atoms with Gasteiger partial charge in [0, 0.05) is 31.0 Å². The normalized spacial score (nSPS) is 16.7. The number of ether oxygens (including phenoxy) is 2. The Balaban J connectivity index is 1.78. The molecule has 0 N–H and O–H groups in total. The monoisotopic (exact) mass is 581 g/mol. The van der Waals surface area contributed by atoms with Gasteiger partial charge in [0.25, 0.3) is 14.2 Å². The van der Waals surface area contributed by atoms with Gasteiger partial charge in [-0.05, 0) is 75.5 Å². The molecule has 7 nitrogen and oxygen atoms in total. The minimum absolute atomic E-state index is 0.0184. The van der Waals surface area contributed by atoms with E-state index in [1.165, 1.54) is 0 Å². The summed E-state index contributed by atoms with van der Waals surface area (Å²) in [7, 11) is -0.522. The molecule has 2 atom stereocenters. The largest absolute Gasteiger partial charge is 0.541 e. The Morgan fingerprint density at radius 1 is 0.976 bits per heavy atom. The summed E-state index contributed by atoms with van der Waals surface area (Å²) in [5, 5.41) is 0.0184. The van der Waals surface area contributed by atoms with E-state index in [4.69, 9.17) is 13.9 Å². The van der Waals surface area contributed by atoms with Crippen molar-refractivity contribution in [1.29, 1.82) is 0 Å². The quantitative estimate of drug-likeness (QED) is 0.174. The Labute approximate surface area is 246 Å². The van der Waals surface area contributed by atoms with E-state index in [2.05, 4.69) is 33.9 Å². The lowest BCUT2D eigenvalue weighted by molar-refractivity contribution is -0.167. The van der Waals surface area contributed by atoms with Crippen molar-refractivity contribution < 1.29 is 28.3 Å². The molecule has 2 aromatic carbocycles. The maximum atomic E-state index is 13.8. The smallest absolute Gasteiger partial charge is 0.312 e. The van der Waals surface area contributed by atoms with Crippen molar-refractivity contribution in [3.63, 3.8) is 0 Å². The van der Waals surface area contributed by atoms with E-state index in [1.807, 2.05) is 36.4 Å². The van der Waals surface area contributed by atoms with Crippen molar-refractivity contribution in [3.8, 4) is 11.5 Å². The Morgan fingerprint density at radius 2 is 1.63 bits per heavy atom. The molecule has 0 radical (unpaired) electrons. The SMILES string of the molecule is COc1cc(C(=O)C[C@H]2CCCN2C(=O)[C@@H](Cc2ccccc2)OC(=O)C(C)(C)C)ccc1O[Si](C)(C)C(C)(C)C. The molecule has 2 aromatic rings. The molecule has 0 bridgehead atoms. The summed E-state index contributed by atoms with van der Waals surface area (Å²) in [4.78, 5) is 41.8. The van der Waals surface area contributed by atoms with Crippen molar-refractivity contribution in [1.82, 2.24) is 4.90 Å². The van der Waals surface area contributed by atoms with Crippen LogP contribution in [0.1, 0.15) is 76.7 Å². The maximum absolute atomic E-state index is 13.8. The van der Waals surface area contributed by atoms with Gasteiger partial charge in [-0.15, -0.1) is 0 Å². The molecule has 41 heavy (non-hydrogen) atoms. The molecule has 1 fully saturated rings. The van der Waals surface area contributed by atoms with Gasteiger partial charge in [-0.1, -0.05) is 51.1 Å². The zero-order valence-electron chi connectivity index (χ0n) is 26.2. The van der Waals surface area contributed by atoms with Crippen LogP contribution in [0.2, 0.25) is 18.1 Å². The number of ketones is 1. The summed E-state index contributed by atoms with van der Waals surface area (Å²) >= 11 is 0. The van der Waals surface area contributed by atoms with Crippen molar-refractivity contribution in [3.05, 3.63) is 59.7 Å². The van der Waals surface area contributed by atoms with Crippen molar-refractivity contribution in [2.24, 2.45) is 5.41 Å². The van der Waals surface area contributed by atoms with Crippen LogP contribution in [0, 0.1) is 5.41 Å². The lowest BCUT2D eigenvalue weighted by Crippen LogP contribution is -2.46. The van der Waals surface area contributed by atoms with Crippen LogP contribution in [0.25, 0.3) is 0 Å². The molecule has 0 aliphatic carbocycles. The minimum Gasteiger partial charge on any atom is -0.541 e. The summed E-state index contributed by atoms with van der Waals surface area (Å²) in [5.41, 5.74) is 0.685. The van der Waals surface area contributed by atoms with Gasteiger partial charge < -0.3 is 18.8 Å². The van der Waals surface area contributed by atoms with E-state index in [9.17, 15) is 14.4 Å². The number of esters is 1. The second-order valence-corrected chi connectivity index (χ2v) is 18.2. The predicted octanol–water partition coefficient (Wildman–Crippen LogP) is 6.84. The molecule has 1 aliphatic heterocycles. The van der Waals surface area contributed by atoms with E-state index < -0.39 is 25.8 Å². The van der Waals surface area contributed by atoms with Gasteiger partial charge in [0.05, 0.1) is 12.5 Å². The van der Waals surface area contributed by atoms with Gasteiger partial charge in [-0.25, -0.2) is 0 Å². The highest BCUT2D eigenvalue weighted by atomic mass is 28.4. The summed E-state index contributed by atoms with van der Waals surface area (Å²) < 4.78 is 17.8. The fraction of sp³-hybridized carbons (Fsp3) is 0.545.